The van der Waals surface area contributed by atoms with Gasteiger partial charge in [0.25, 0.3) is 0 Å². The number of benzene rings is 4. The van der Waals surface area contributed by atoms with Crippen molar-refractivity contribution in [2.24, 2.45) is 5.73 Å². The lowest BCUT2D eigenvalue weighted by Gasteiger charge is -2.29. The van der Waals surface area contributed by atoms with Crippen LogP contribution < -0.4 is 10.5 Å². The molecule has 4 aromatic rings. The van der Waals surface area contributed by atoms with E-state index in [2.05, 4.69) is 71.6 Å². The molecule has 2 N–H and O–H groups in total. The molecule has 0 saturated heterocycles. The van der Waals surface area contributed by atoms with Gasteiger partial charge in [-0.25, -0.2) is 0 Å². The highest BCUT2D eigenvalue weighted by molar-refractivity contribution is 6.31. The molecule has 4 aromatic carbocycles. The number of carbonyl (C=O) groups is 1. The third-order valence-corrected chi connectivity index (χ3v) is 6.75. The lowest BCUT2D eigenvalue weighted by molar-refractivity contribution is -0.117. The number of nitrogens with two attached hydrogens (primary N) is 1. The lowest BCUT2D eigenvalue weighted by Crippen LogP contribution is -2.31. The van der Waals surface area contributed by atoms with E-state index in [0.29, 0.717) is 6.61 Å². The van der Waals surface area contributed by atoms with Gasteiger partial charge in [0.2, 0.25) is 5.91 Å². The normalized spacial score (nSPS) is 11.1. The smallest absolute Gasteiger partial charge is 0.221 e. The van der Waals surface area contributed by atoms with Crippen LogP contribution in [0.1, 0.15) is 34.6 Å². The Kier molecular flexibility index (Phi) is 9.75. The maximum absolute atomic E-state index is 11.1. The van der Waals surface area contributed by atoms with E-state index in [1.807, 2.05) is 42.5 Å². The lowest BCUT2D eigenvalue weighted by atomic mass is 9.90. The molecule has 37 heavy (non-hydrogen) atoms. The summed E-state index contributed by atoms with van der Waals surface area (Å²) >= 11 is 6.54. The molecule has 1 amide bonds. The minimum Gasteiger partial charge on any atom is -0.494 e. The van der Waals surface area contributed by atoms with Gasteiger partial charge in [-0.3, -0.25) is 9.69 Å². The predicted molar refractivity (Wildman–Crippen MR) is 151 cm³/mol. The molecule has 0 bridgehead atoms. The van der Waals surface area contributed by atoms with Gasteiger partial charge in [0.15, 0.2) is 0 Å². The van der Waals surface area contributed by atoms with Crippen LogP contribution in [-0.2, 0) is 17.8 Å². The summed E-state index contributed by atoms with van der Waals surface area (Å²) in [6, 6.07) is 37.0. The second kappa shape index (κ2) is 13.6. The van der Waals surface area contributed by atoms with E-state index in [0.717, 1.165) is 48.0 Å². The van der Waals surface area contributed by atoms with Crippen LogP contribution in [0.25, 0.3) is 0 Å². The number of rotatable bonds is 13. The Morgan fingerprint density at radius 2 is 1.41 bits per heavy atom. The van der Waals surface area contributed by atoms with E-state index >= 15 is 0 Å². The maximum atomic E-state index is 11.1. The van der Waals surface area contributed by atoms with E-state index in [-0.39, 0.29) is 18.2 Å². The fourth-order valence-corrected chi connectivity index (χ4v) is 4.71. The summed E-state index contributed by atoms with van der Waals surface area (Å²) < 4.78 is 6.00. The van der Waals surface area contributed by atoms with Crippen molar-refractivity contribution in [3.8, 4) is 5.75 Å². The molecule has 0 aliphatic heterocycles. The van der Waals surface area contributed by atoms with E-state index in [4.69, 9.17) is 22.1 Å². The Morgan fingerprint density at radius 1 is 0.811 bits per heavy atom. The van der Waals surface area contributed by atoms with Crippen molar-refractivity contribution in [1.82, 2.24) is 4.90 Å². The van der Waals surface area contributed by atoms with Crippen LogP contribution in [0, 0.1) is 0 Å². The molecule has 4 rings (SSSR count). The third-order valence-electron chi connectivity index (χ3n) is 6.39. The van der Waals surface area contributed by atoms with Gasteiger partial charge in [0.05, 0.1) is 13.0 Å². The molecule has 5 heteroatoms. The molecule has 0 aliphatic rings. The van der Waals surface area contributed by atoms with Gasteiger partial charge in [-0.2, -0.15) is 0 Å². The SMILES string of the molecule is NC(=O)Cc1ccc(OCCCN(Cc2ccccc2Cl)CC(c2ccccc2)c2ccccc2)cc1. The Hall–Kier alpha value is -3.60. The first kappa shape index (κ1) is 26.5. The summed E-state index contributed by atoms with van der Waals surface area (Å²) in [7, 11) is 0. The maximum Gasteiger partial charge on any atom is 0.221 e. The van der Waals surface area contributed by atoms with Gasteiger partial charge in [0.1, 0.15) is 5.75 Å². The molecule has 4 nitrogen and oxygen atoms in total. The highest BCUT2D eigenvalue weighted by Gasteiger charge is 2.19. The Labute approximate surface area is 224 Å². The van der Waals surface area contributed by atoms with Gasteiger partial charge >= 0.3 is 0 Å². The number of ether oxygens (including phenoxy) is 1. The fourth-order valence-electron chi connectivity index (χ4n) is 4.52. The summed E-state index contributed by atoms with van der Waals surface area (Å²) in [5, 5.41) is 0.788. The van der Waals surface area contributed by atoms with Crippen LogP contribution in [0.2, 0.25) is 5.02 Å². The van der Waals surface area contributed by atoms with Crippen molar-refractivity contribution in [2.45, 2.75) is 25.3 Å². The molecule has 0 unspecified atom stereocenters. The van der Waals surface area contributed by atoms with E-state index in [1.165, 1.54) is 11.1 Å². The van der Waals surface area contributed by atoms with E-state index < -0.39 is 0 Å². The number of primary amides is 1. The van der Waals surface area contributed by atoms with Gasteiger partial charge < -0.3 is 10.5 Å². The zero-order valence-electron chi connectivity index (χ0n) is 20.9. The van der Waals surface area contributed by atoms with Crippen LogP contribution >= 0.6 is 11.6 Å². The van der Waals surface area contributed by atoms with E-state index in [1.54, 1.807) is 0 Å². The number of nitrogens with zero attached hydrogens (tertiary/aromatic N) is 1. The van der Waals surface area contributed by atoms with Crippen molar-refractivity contribution in [3.05, 3.63) is 136 Å². The summed E-state index contributed by atoms with van der Waals surface area (Å²) in [6.07, 6.45) is 1.10. The number of hydrogen-bond acceptors (Lipinski definition) is 3. The minimum absolute atomic E-state index is 0.237. The van der Waals surface area contributed by atoms with Crippen molar-refractivity contribution in [2.75, 3.05) is 19.7 Å². The zero-order valence-corrected chi connectivity index (χ0v) is 21.7. The number of hydrogen-bond donors (Lipinski definition) is 1. The van der Waals surface area contributed by atoms with Crippen molar-refractivity contribution in [3.63, 3.8) is 0 Å². The number of carbonyl (C=O) groups excluding carboxylic acids is 1. The van der Waals surface area contributed by atoms with Gasteiger partial charge in [0, 0.05) is 30.6 Å². The second-order valence-corrected chi connectivity index (χ2v) is 9.60. The second-order valence-electron chi connectivity index (χ2n) is 9.19. The summed E-state index contributed by atoms with van der Waals surface area (Å²) in [5.41, 5.74) is 9.88. The highest BCUT2D eigenvalue weighted by Crippen LogP contribution is 2.27. The quantitative estimate of drug-likeness (QED) is 0.209. The van der Waals surface area contributed by atoms with Gasteiger partial charge in [-0.15, -0.1) is 0 Å². The predicted octanol–water partition coefficient (Wildman–Crippen LogP) is 6.47. The molecule has 0 aromatic heterocycles. The largest absolute Gasteiger partial charge is 0.494 e. The van der Waals surface area contributed by atoms with Crippen molar-refractivity contribution in [1.29, 1.82) is 0 Å². The molecular formula is C32H33ClN2O2. The Bertz CT molecular complexity index is 1210. The van der Waals surface area contributed by atoms with Crippen LogP contribution in [0.3, 0.4) is 0 Å². The fraction of sp³-hybridized carbons (Fsp3) is 0.219. The van der Waals surface area contributed by atoms with Crippen molar-refractivity contribution >= 4 is 17.5 Å². The first-order valence-electron chi connectivity index (χ1n) is 12.6. The average molecular weight is 513 g/mol. The Balaban J connectivity index is 1.45. The first-order chi connectivity index (χ1) is 18.1. The van der Waals surface area contributed by atoms with Crippen LogP contribution in [0.4, 0.5) is 0 Å². The van der Waals surface area contributed by atoms with Crippen LogP contribution in [0.15, 0.2) is 109 Å². The van der Waals surface area contributed by atoms with Gasteiger partial charge in [-0.05, 0) is 46.9 Å². The molecular weight excluding hydrogens is 480 g/mol. The summed E-state index contributed by atoms with van der Waals surface area (Å²) in [6.45, 7) is 3.08. The molecule has 0 spiro atoms. The zero-order chi connectivity index (χ0) is 25.9. The highest BCUT2D eigenvalue weighted by atomic mass is 35.5. The molecule has 0 fully saturated rings. The summed E-state index contributed by atoms with van der Waals surface area (Å²) in [4.78, 5) is 13.6. The third kappa shape index (κ3) is 8.21. The monoisotopic (exact) mass is 512 g/mol. The molecule has 0 atom stereocenters. The topological polar surface area (TPSA) is 55.6 Å². The number of amides is 1. The molecule has 0 radical (unpaired) electrons. The Morgan fingerprint density at radius 3 is 2.00 bits per heavy atom. The molecule has 0 heterocycles. The molecule has 0 saturated carbocycles. The minimum atomic E-state index is -0.336. The van der Waals surface area contributed by atoms with Gasteiger partial charge in [-0.1, -0.05) is 103 Å². The number of halogens is 1. The van der Waals surface area contributed by atoms with E-state index in [9.17, 15) is 4.79 Å². The first-order valence-corrected chi connectivity index (χ1v) is 13.0. The molecule has 190 valence electrons. The standard InChI is InChI=1S/C32H33ClN2O2/c33-31-15-8-7-14-28(31)23-35(20-9-21-37-29-18-16-25(17-19-29)22-32(34)36)24-30(26-10-3-1-4-11-26)27-12-5-2-6-13-27/h1-8,10-19,30H,9,20-24H2,(H2,34,36). The average Bonchev–Trinajstić information content (AvgIpc) is 2.92. The van der Waals surface area contributed by atoms with Crippen LogP contribution in [-0.4, -0.2) is 30.5 Å². The van der Waals surface area contributed by atoms with Crippen molar-refractivity contribution < 1.29 is 9.53 Å². The molecule has 0 aliphatic carbocycles. The summed E-state index contributed by atoms with van der Waals surface area (Å²) in [5.74, 6) is 0.692. The van der Waals surface area contributed by atoms with Crippen LogP contribution in [0.5, 0.6) is 5.75 Å².